The minimum absolute atomic E-state index is 0.170. The molecule has 0 radical (unpaired) electrons. The summed E-state index contributed by atoms with van der Waals surface area (Å²) in [4.78, 5) is 14.3. The van der Waals surface area contributed by atoms with Crippen molar-refractivity contribution in [1.82, 2.24) is 4.90 Å². The van der Waals surface area contributed by atoms with E-state index in [0.717, 1.165) is 5.56 Å². The summed E-state index contributed by atoms with van der Waals surface area (Å²) in [6, 6.07) is 16.2. The van der Waals surface area contributed by atoms with Crippen LogP contribution in [0, 0.1) is 0 Å². The predicted molar refractivity (Wildman–Crippen MR) is 90.6 cm³/mol. The lowest BCUT2D eigenvalue weighted by molar-refractivity contribution is 0.0483. The van der Waals surface area contributed by atoms with E-state index in [0.29, 0.717) is 17.9 Å². The largest absolute Gasteiger partial charge is 0.493 e. The second-order valence-electron chi connectivity index (χ2n) is 5.44. The first-order valence-electron chi connectivity index (χ1n) is 7.78. The number of aliphatic hydroxyl groups excluding tert-OH is 1. The zero-order valence-corrected chi connectivity index (χ0v) is 13.8. The summed E-state index contributed by atoms with van der Waals surface area (Å²) in [5, 5.41) is 10.5. The highest BCUT2D eigenvalue weighted by molar-refractivity contribution is 5.97. The molecule has 0 fully saturated rings. The zero-order chi connectivity index (χ0) is 16.8. The van der Waals surface area contributed by atoms with E-state index in [2.05, 4.69) is 0 Å². The van der Waals surface area contributed by atoms with Crippen molar-refractivity contribution in [1.29, 1.82) is 0 Å². The minimum atomic E-state index is -0.746. The number of benzene rings is 2. The van der Waals surface area contributed by atoms with Crippen molar-refractivity contribution in [2.75, 3.05) is 13.7 Å². The first kappa shape index (κ1) is 17.0. The highest BCUT2D eigenvalue weighted by atomic mass is 16.5. The van der Waals surface area contributed by atoms with Gasteiger partial charge in [0.1, 0.15) is 5.75 Å². The van der Waals surface area contributed by atoms with Gasteiger partial charge in [0.25, 0.3) is 5.91 Å². The van der Waals surface area contributed by atoms with Gasteiger partial charge in [-0.2, -0.15) is 0 Å². The summed E-state index contributed by atoms with van der Waals surface area (Å²) in [7, 11) is 1.70. The molecule has 2 aromatic rings. The number of hydrogen-bond donors (Lipinski definition) is 1. The maximum atomic E-state index is 12.8. The number of nitrogens with zero attached hydrogens (tertiary/aromatic N) is 1. The van der Waals surface area contributed by atoms with Crippen LogP contribution in [0.3, 0.4) is 0 Å². The summed E-state index contributed by atoms with van der Waals surface area (Å²) in [6.45, 7) is 4.21. The van der Waals surface area contributed by atoms with Gasteiger partial charge in [0.2, 0.25) is 0 Å². The van der Waals surface area contributed by atoms with Crippen molar-refractivity contribution in [2.45, 2.75) is 26.0 Å². The van der Waals surface area contributed by atoms with Crippen LogP contribution in [-0.4, -0.2) is 35.6 Å². The Morgan fingerprint density at radius 2 is 1.74 bits per heavy atom. The molecule has 1 amide bonds. The lowest BCUT2D eigenvalue weighted by Crippen LogP contribution is -2.39. The van der Waals surface area contributed by atoms with Gasteiger partial charge in [0.05, 0.1) is 24.3 Å². The monoisotopic (exact) mass is 313 g/mol. The Labute approximate surface area is 137 Å². The molecule has 2 unspecified atom stereocenters. The number of aliphatic hydroxyl groups is 1. The Kier molecular flexibility index (Phi) is 5.77. The van der Waals surface area contributed by atoms with E-state index in [4.69, 9.17) is 4.74 Å². The van der Waals surface area contributed by atoms with Gasteiger partial charge in [-0.15, -0.1) is 0 Å². The highest BCUT2D eigenvalue weighted by Crippen LogP contribution is 2.24. The number of hydrogen-bond acceptors (Lipinski definition) is 3. The number of amides is 1. The fraction of sp³-hybridized carbons (Fsp3) is 0.316. The molecule has 2 aromatic carbocycles. The first-order valence-corrected chi connectivity index (χ1v) is 7.78. The molecule has 1 N–H and O–H groups in total. The fourth-order valence-electron chi connectivity index (χ4n) is 2.44. The van der Waals surface area contributed by atoms with Crippen LogP contribution in [-0.2, 0) is 0 Å². The predicted octanol–water partition coefficient (Wildman–Crippen LogP) is 3.28. The van der Waals surface area contributed by atoms with E-state index in [1.165, 1.54) is 0 Å². The highest BCUT2D eigenvalue weighted by Gasteiger charge is 2.26. The van der Waals surface area contributed by atoms with Crippen molar-refractivity contribution in [2.24, 2.45) is 0 Å². The number of carbonyl (C=O) groups excluding carboxylic acids is 1. The Bertz CT molecular complexity index is 642. The number of likely N-dealkylation sites (N-methyl/N-ethyl adjacent to an activating group) is 1. The van der Waals surface area contributed by atoms with E-state index in [1.54, 1.807) is 24.1 Å². The van der Waals surface area contributed by atoms with Gasteiger partial charge >= 0.3 is 0 Å². The number of rotatable bonds is 6. The van der Waals surface area contributed by atoms with Crippen LogP contribution in [0.4, 0.5) is 0 Å². The van der Waals surface area contributed by atoms with Crippen LogP contribution in [0.2, 0.25) is 0 Å². The molecular formula is C19H23NO3. The SMILES string of the molecule is CCOc1ccccc1C(=O)N(C)C(C)C(O)c1ccccc1. The Morgan fingerprint density at radius 1 is 1.13 bits per heavy atom. The van der Waals surface area contributed by atoms with Gasteiger partial charge in [0.15, 0.2) is 0 Å². The van der Waals surface area contributed by atoms with Crippen LogP contribution in [0.1, 0.15) is 35.9 Å². The Morgan fingerprint density at radius 3 is 2.39 bits per heavy atom. The molecular weight excluding hydrogens is 290 g/mol. The van der Waals surface area contributed by atoms with E-state index < -0.39 is 6.10 Å². The molecule has 0 aromatic heterocycles. The standard InChI is InChI=1S/C19H23NO3/c1-4-23-17-13-9-8-12-16(17)19(22)20(3)14(2)18(21)15-10-6-5-7-11-15/h5-14,18,21H,4H2,1-3H3. The molecule has 122 valence electrons. The quantitative estimate of drug-likeness (QED) is 0.890. The topological polar surface area (TPSA) is 49.8 Å². The summed E-state index contributed by atoms with van der Waals surface area (Å²) >= 11 is 0. The smallest absolute Gasteiger partial charge is 0.257 e. The van der Waals surface area contributed by atoms with Gasteiger partial charge in [0, 0.05) is 7.05 Å². The molecule has 4 nitrogen and oxygen atoms in total. The van der Waals surface area contributed by atoms with Gasteiger partial charge in [-0.3, -0.25) is 4.79 Å². The third kappa shape index (κ3) is 3.90. The van der Waals surface area contributed by atoms with Crippen molar-refractivity contribution >= 4 is 5.91 Å². The lowest BCUT2D eigenvalue weighted by Gasteiger charge is -2.29. The summed E-state index contributed by atoms with van der Waals surface area (Å²) in [6.07, 6.45) is -0.746. The Balaban J connectivity index is 2.19. The van der Waals surface area contributed by atoms with Crippen LogP contribution in [0.25, 0.3) is 0 Å². The van der Waals surface area contributed by atoms with Crippen molar-refractivity contribution < 1.29 is 14.6 Å². The molecule has 0 spiro atoms. The molecule has 0 aliphatic rings. The first-order chi connectivity index (χ1) is 11.1. The maximum Gasteiger partial charge on any atom is 0.257 e. The van der Waals surface area contributed by atoms with Gasteiger partial charge < -0.3 is 14.7 Å². The van der Waals surface area contributed by atoms with E-state index >= 15 is 0 Å². The Hall–Kier alpha value is -2.33. The van der Waals surface area contributed by atoms with Crippen LogP contribution in [0.5, 0.6) is 5.75 Å². The minimum Gasteiger partial charge on any atom is -0.493 e. The summed E-state index contributed by atoms with van der Waals surface area (Å²) in [5.41, 5.74) is 1.29. The zero-order valence-electron chi connectivity index (χ0n) is 13.8. The van der Waals surface area contributed by atoms with Crippen molar-refractivity contribution in [3.63, 3.8) is 0 Å². The number of carbonyl (C=O) groups is 1. The molecule has 2 rings (SSSR count). The summed E-state index contributed by atoms with van der Waals surface area (Å²) < 4.78 is 5.52. The molecule has 0 aliphatic heterocycles. The number of para-hydroxylation sites is 1. The second-order valence-corrected chi connectivity index (χ2v) is 5.44. The van der Waals surface area contributed by atoms with Crippen LogP contribution < -0.4 is 4.74 Å². The third-order valence-electron chi connectivity index (χ3n) is 3.95. The van der Waals surface area contributed by atoms with Gasteiger partial charge in [-0.05, 0) is 31.5 Å². The molecule has 0 aliphatic carbocycles. The normalized spacial score (nSPS) is 13.2. The summed E-state index contributed by atoms with van der Waals surface area (Å²) in [5.74, 6) is 0.393. The maximum absolute atomic E-state index is 12.8. The lowest BCUT2D eigenvalue weighted by atomic mass is 10.0. The van der Waals surface area contributed by atoms with E-state index in [9.17, 15) is 9.90 Å². The molecule has 23 heavy (non-hydrogen) atoms. The van der Waals surface area contributed by atoms with E-state index in [1.807, 2.05) is 56.3 Å². The molecule has 0 saturated heterocycles. The van der Waals surface area contributed by atoms with Gasteiger partial charge in [-0.1, -0.05) is 42.5 Å². The number of ether oxygens (including phenoxy) is 1. The molecule has 0 saturated carbocycles. The molecule has 0 heterocycles. The second kappa shape index (κ2) is 7.79. The van der Waals surface area contributed by atoms with Crippen LogP contribution >= 0.6 is 0 Å². The average Bonchev–Trinajstić information content (AvgIpc) is 2.60. The molecule has 4 heteroatoms. The van der Waals surface area contributed by atoms with Crippen LogP contribution in [0.15, 0.2) is 54.6 Å². The molecule has 2 atom stereocenters. The fourth-order valence-corrected chi connectivity index (χ4v) is 2.44. The average molecular weight is 313 g/mol. The third-order valence-corrected chi connectivity index (χ3v) is 3.95. The van der Waals surface area contributed by atoms with Crippen molar-refractivity contribution in [3.8, 4) is 5.75 Å². The van der Waals surface area contributed by atoms with Crippen molar-refractivity contribution in [3.05, 3.63) is 65.7 Å². The van der Waals surface area contributed by atoms with E-state index in [-0.39, 0.29) is 11.9 Å². The molecule has 0 bridgehead atoms. The van der Waals surface area contributed by atoms with Gasteiger partial charge in [-0.25, -0.2) is 0 Å².